The Hall–Kier alpha value is -2.89. The van der Waals surface area contributed by atoms with Crippen LogP contribution in [0.15, 0.2) is 30.5 Å². The number of benzene rings is 1. The molecule has 0 fully saturated rings. The van der Waals surface area contributed by atoms with Crippen LogP contribution in [0.25, 0.3) is 22.0 Å². The molecule has 2 heterocycles. The molecule has 2 aromatic heterocycles. The number of hydrogen-bond donors (Lipinski definition) is 1. The molecule has 112 valence electrons. The SMILES string of the molecule is COc1ccc(-c2cn(C)nc2C(=O)O)c2ccc(C)nc12. The summed E-state index contributed by atoms with van der Waals surface area (Å²) in [4.78, 5) is 15.9. The smallest absolute Gasteiger partial charge is 0.357 e. The Balaban J connectivity index is 2.35. The highest BCUT2D eigenvalue weighted by Gasteiger charge is 2.19. The van der Waals surface area contributed by atoms with E-state index in [4.69, 9.17) is 4.74 Å². The molecule has 6 heteroatoms. The average molecular weight is 297 g/mol. The first kappa shape index (κ1) is 14.1. The van der Waals surface area contributed by atoms with Crippen molar-refractivity contribution in [3.63, 3.8) is 0 Å². The van der Waals surface area contributed by atoms with Crippen molar-refractivity contribution in [3.8, 4) is 16.9 Å². The summed E-state index contributed by atoms with van der Waals surface area (Å²) in [5, 5.41) is 14.2. The molecule has 0 aliphatic rings. The zero-order valence-electron chi connectivity index (χ0n) is 12.5. The molecule has 0 saturated carbocycles. The molecular formula is C16H15N3O3. The monoisotopic (exact) mass is 297 g/mol. The number of fused-ring (bicyclic) bond motifs is 1. The second-order valence-corrected chi connectivity index (χ2v) is 5.03. The standard InChI is InChI=1S/C16H15N3O3/c1-9-4-5-11-10(6-7-13(22-3)14(11)17-9)12-8-19(2)18-15(12)16(20)21/h4-8H,1-3H3,(H,20,21). The van der Waals surface area contributed by atoms with Gasteiger partial charge in [-0.25, -0.2) is 9.78 Å². The largest absolute Gasteiger partial charge is 0.494 e. The molecule has 0 unspecified atom stereocenters. The molecule has 0 radical (unpaired) electrons. The number of carboxylic acids is 1. The first-order valence-electron chi connectivity index (χ1n) is 6.73. The van der Waals surface area contributed by atoms with E-state index >= 15 is 0 Å². The number of aromatic carboxylic acids is 1. The van der Waals surface area contributed by atoms with Crippen LogP contribution in [-0.4, -0.2) is 33.0 Å². The lowest BCUT2D eigenvalue weighted by Gasteiger charge is -2.10. The number of methoxy groups -OCH3 is 1. The number of ether oxygens (including phenoxy) is 1. The summed E-state index contributed by atoms with van der Waals surface area (Å²) in [6, 6.07) is 7.45. The highest BCUT2D eigenvalue weighted by Crippen LogP contribution is 2.34. The van der Waals surface area contributed by atoms with Crippen molar-refractivity contribution in [1.29, 1.82) is 0 Å². The minimum absolute atomic E-state index is 0.0227. The van der Waals surface area contributed by atoms with Gasteiger partial charge in [0.25, 0.3) is 0 Å². The third kappa shape index (κ3) is 2.18. The van der Waals surface area contributed by atoms with Crippen LogP contribution in [0.3, 0.4) is 0 Å². The zero-order valence-corrected chi connectivity index (χ0v) is 12.5. The molecule has 22 heavy (non-hydrogen) atoms. The van der Waals surface area contributed by atoms with Gasteiger partial charge in [0.15, 0.2) is 5.69 Å². The van der Waals surface area contributed by atoms with Gasteiger partial charge in [-0.1, -0.05) is 6.07 Å². The van der Waals surface area contributed by atoms with Crippen molar-refractivity contribution in [1.82, 2.24) is 14.8 Å². The molecule has 0 bridgehead atoms. The number of aryl methyl sites for hydroxylation is 2. The number of hydrogen-bond acceptors (Lipinski definition) is 4. The van der Waals surface area contributed by atoms with Crippen molar-refractivity contribution in [2.75, 3.05) is 7.11 Å². The first-order chi connectivity index (χ1) is 10.5. The maximum atomic E-state index is 11.4. The molecule has 0 aliphatic carbocycles. The van der Waals surface area contributed by atoms with Gasteiger partial charge in [0.05, 0.1) is 7.11 Å². The van der Waals surface area contributed by atoms with Crippen molar-refractivity contribution < 1.29 is 14.6 Å². The van der Waals surface area contributed by atoms with Crippen molar-refractivity contribution >= 4 is 16.9 Å². The Morgan fingerprint density at radius 1 is 1.23 bits per heavy atom. The average Bonchev–Trinajstić information content (AvgIpc) is 2.88. The Morgan fingerprint density at radius 3 is 2.68 bits per heavy atom. The van der Waals surface area contributed by atoms with E-state index in [0.717, 1.165) is 16.6 Å². The number of nitrogens with zero attached hydrogens (tertiary/aromatic N) is 3. The zero-order chi connectivity index (χ0) is 15.9. The fraction of sp³-hybridized carbons (Fsp3) is 0.188. The highest BCUT2D eigenvalue weighted by atomic mass is 16.5. The molecule has 0 aliphatic heterocycles. The molecule has 0 amide bonds. The van der Waals surface area contributed by atoms with Crippen LogP contribution >= 0.6 is 0 Å². The predicted molar refractivity (Wildman–Crippen MR) is 82.2 cm³/mol. The van der Waals surface area contributed by atoms with Crippen LogP contribution in [-0.2, 0) is 7.05 Å². The van der Waals surface area contributed by atoms with Crippen molar-refractivity contribution in [2.24, 2.45) is 7.05 Å². The summed E-state index contributed by atoms with van der Waals surface area (Å²) in [5.41, 5.74) is 2.93. The van der Waals surface area contributed by atoms with E-state index in [1.807, 2.05) is 25.1 Å². The van der Waals surface area contributed by atoms with Crippen LogP contribution < -0.4 is 4.74 Å². The van der Waals surface area contributed by atoms with Gasteiger partial charge in [-0.2, -0.15) is 5.10 Å². The lowest BCUT2D eigenvalue weighted by molar-refractivity contribution is 0.0690. The lowest BCUT2D eigenvalue weighted by Crippen LogP contribution is -2.01. The normalized spacial score (nSPS) is 10.9. The van der Waals surface area contributed by atoms with Crippen LogP contribution in [0.5, 0.6) is 5.75 Å². The summed E-state index contributed by atoms with van der Waals surface area (Å²) < 4.78 is 6.85. The van der Waals surface area contributed by atoms with Gasteiger partial charge >= 0.3 is 5.97 Å². The van der Waals surface area contributed by atoms with Gasteiger partial charge in [-0.3, -0.25) is 4.68 Å². The Kier molecular flexibility index (Phi) is 3.29. The Morgan fingerprint density at radius 2 is 2.00 bits per heavy atom. The summed E-state index contributed by atoms with van der Waals surface area (Å²) in [6.45, 7) is 1.90. The van der Waals surface area contributed by atoms with E-state index < -0.39 is 5.97 Å². The number of carboxylic acid groups (broad SMARTS) is 1. The summed E-state index contributed by atoms with van der Waals surface area (Å²) in [7, 11) is 3.29. The first-order valence-corrected chi connectivity index (χ1v) is 6.73. The molecule has 0 saturated heterocycles. The summed E-state index contributed by atoms with van der Waals surface area (Å²) in [6.07, 6.45) is 1.70. The molecular weight excluding hydrogens is 282 g/mol. The van der Waals surface area contributed by atoms with Gasteiger partial charge in [0.2, 0.25) is 0 Å². The van der Waals surface area contributed by atoms with E-state index in [2.05, 4.69) is 10.1 Å². The highest BCUT2D eigenvalue weighted by molar-refractivity contribution is 6.03. The van der Waals surface area contributed by atoms with Crippen LogP contribution in [0.4, 0.5) is 0 Å². The second-order valence-electron chi connectivity index (χ2n) is 5.03. The fourth-order valence-electron chi connectivity index (χ4n) is 2.53. The van der Waals surface area contributed by atoms with E-state index in [-0.39, 0.29) is 5.69 Å². The Bertz CT molecular complexity index is 884. The van der Waals surface area contributed by atoms with Crippen molar-refractivity contribution in [2.45, 2.75) is 6.92 Å². The number of rotatable bonds is 3. The van der Waals surface area contributed by atoms with Crippen LogP contribution in [0.1, 0.15) is 16.2 Å². The van der Waals surface area contributed by atoms with E-state index in [1.54, 1.807) is 26.4 Å². The predicted octanol–water partition coefficient (Wildman–Crippen LogP) is 2.65. The van der Waals surface area contributed by atoms with E-state index in [1.165, 1.54) is 4.68 Å². The third-order valence-corrected chi connectivity index (χ3v) is 3.50. The van der Waals surface area contributed by atoms with Gasteiger partial charge in [0, 0.05) is 29.9 Å². The van der Waals surface area contributed by atoms with Crippen LogP contribution in [0, 0.1) is 6.92 Å². The number of carbonyl (C=O) groups is 1. The maximum Gasteiger partial charge on any atom is 0.357 e. The maximum absolute atomic E-state index is 11.4. The quantitative estimate of drug-likeness (QED) is 0.804. The molecule has 6 nitrogen and oxygen atoms in total. The van der Waals surface area contributed by atoms with Gasteiger partial charge in [-0.05, 0) is 30.7 Å². The van der Waals surface area contributed by atoms with Crippen molar-refractivity contribution in [3.05, 3.63) is 41.9 Å². The minimum Gasteiger partial charge on any atom is -0.494 e. The molecule has 1 N–H and O–H groups in total. The Labute approximate surface area is 127 Å². The number of aromatic nitrogens is 3. The molecule has 0 atom stereocenters. The summed E-state index contributed by atoms with van der Waals surface area (Å²) in [5.74, 6) is -0.400. The summed E-state index contributed by atoms with van der Waals surface area (Å²) >= 11 is 0. The fourth-order valence-corrected chi connectivity index (χ4v) is 2.53. The number of pyridine rings is 1. The lowest BCUT2D eigenvalue weighted by atomic mass is 10.00. The molecule has 0 spiro atoms. The van der Waals surface area contributed by atoms with Gasteiger partial charge in [0.1, 0.15) is 11.3 Å². The minimum atomic E-state index is -1.06. The van der Waals surface area contributed by atoms with Crippen LogP contribution in [0.2, 0.25) is 0 Å². The second kappa shape index (κ2) is 5.14. The van der Waals surface area contributed by atoms with E-state index in [9.17, 15) is 9.90 Å². The topological polar surface area (TPSA) is 77.2 Å². The van der Waals surface area contributed by atoms with Gasteiger partial charge in [-0.15, -0.1) is 0 Å². The van der Waals surface area contributed by atoms with Gasteiger partial charge < -0.3 is 9.84 Å². The molecule has 3 aromatic rings. The molecule has 1 aromatic carbocycles. The third-order valence-electron chi connectivity index (χ3n) is 3.50. The van der Waals surface area contributed by atoms with E-state index in [0.29, 0.717) is 16.8 Å². The molecule has 3 rings (SSSR count).